The maximum Gasteiger partial charge on any atom is 0.472 e. The van der Waals surface area contributed by atoms with E-state index in [-0.39, 0.29) is 25.7 Å². The molecule has 19 heteroatoms. The third-order valence-corrected chi connectivity index (χ3v) is 19.3. The van der Waals surface area contributed by atoms with Gasteiger partial charge in [0.05, 0.1) is 26.4 Å². The van der Waals surface area contributed by atoms with Crippen LogP contribution >= 0.6 is 15.6 Å². The number of hydrogen-bond acceptors (Lipinski definition) is 15. The minimum absolute atomic E-state index is 0.106. The van der Waals surface area contributed by atoms with E-state index in [2.05, 4.69) is 34.6 Å². The maximum absolute atomic E-state index is 13.1. The molecule has 0 spiro atoms. The Morgan fingerprint density at radius 2 is 0.522 bits per heavy atom. The van der Waals surface area contributed by atoms with Crippen LogP contribution in [0.15, 0.2) is 0 Å². The summed E-state index contributed by atoms with van der Waals surface area (Å²) in [6.07, 6.45) is 53.9. The number of carbonyl (C=O) groups is 4. The molecular formula is C73H142O17P2. The normalized spacial score (nSPS) is 14.3. The van der Waals surface area contributed by atoms with Gasteiger partial charge in [-0.15, -0.1) is 0 Å². The zero-order valence-electron chi connectivity index (χ0n) is 59.7. The highest BCUT2D eigenvalue weighted by molar-refractivity contribution is 7.47. The van der Waals surface area contributed by atoms with E-state index in [4.69, 9.17) is 37.0 Å². The molecule has 0 rings (SSSR count). The quantitative estimate of drug-likeness (QED) is 0.0222. The highest BCUT2D eigenvalue weighted by Gasteiger charge is 2.30. The Labute approximate surface area is 562 Å². The van der Waals surface area contributed by atoms with E-state index in [1.54, 1.807) is 0 Å². The number of unbranched alkanes of at least 4 members (excludes halogenated alkanes) is 44. The fourth-order valence-corrected chi connectivity index (χ4v) is 12.7. The Morgan fingerprint density at radius 3 is 0.772 bits per heavy atom. The summed E-state index contributed by atoms with van der Waals surface area (Å²) in [7, 11) is -9.90. The first-order chi connectivity index (χ1) is 44.6. The minimum Gasteiger partial charge on any atom is -0.462 e. The molecule has 0 bridgehead atoms. The van der Waals surface area contributed by atoms with Crippen LogP contribution in [0.3, 0.4) is 0 Å². The van der Waals surface area contributed by atoms with Crippen LogP contribution < -0.4 is 0 Å². The maximum atomic E-state index is 13.1. The molecular weight excluding hydrogens is 1210 g/mol. The summed E-state index contributed by atoms with van der Waals surface area (Å²) >= 11 is 0. The molecule has 17 nitrogen and oxygen atoms in total. The predicted octanol–water partition coefficient (Wildman–Crippen LogP) is 21.3. The van der Waals surface area contributed by atoms with E-state index in [1.807, 2.05) is 0 Å². The lowest BCUT2D eigenvalue weighted by atomic mass is 9.99. The molecule has 0 aliphatic heterocycles. The van der Waals surface area contributed by atoms with Gasteiger partial charge in [-0.1, -0.05) is 330 Å². The third kappa shape index (κ3) is 65.4. The number of phosphoric ester groups is 2. The Bertz CT molecular complexity index is 1770. The lowest BCUT2D eigenvalue weighted by molar-refractivity contribution is -0.161. The second-order valence-corrected chi connectivity index (χ2v) is 29.5. The van der Waals surface area contributed by atoms with Crippen LogP contribution in [0, 0.1) is 5.92 Å². The van der Waals surface area contributed by atoms with Gasteiger partial charge in [0.15, 0.2) is 12.2 Å². The van der Waals surface area contributed by atoms with E-state index in [0.717, 1.165) is 95.8 Å². The van der Waals surface area contributed by atoms with Crippen molar-refractivity contribution in [3.8, 4) is 0 Å². The fraction of sp³-hybridized carbons (Fsp3) is 0.945. The Balaban J connectivity index is 5.26. The van der Waals surface area contributed by atoms with Crippen molar-refractivity contribution in [1.29, 1.82) is 0 Å². The van der Waals surface area contributed by atoms with Gasteiger partial charge in [-0.2, -0.15) is 0 Å². The number of ether oxygens (including phenoxy) is 4. The molecule has 3 unspecified atom stereocenters. The molecule has 0 aromatic rings. The summed E-state index contributed by atoms with van der Waals surface area (Å²) in [5, 5.41) is 10.6. The van der Waals surface area contributed by atoms with Crippen LogP contribution in [0.25, 0.3) is 0 Å². The average molecular weight is 1350 g/mol. The number of hydrogen-bond donors (Lipinski definition) is 3. The van der Waals surface area contributed by atoms with Crippen molar-refractivity contribution in [2.24, 2.45) is 5.92 Å². The molecule has 0 saturated carbocycles. The summed E-state index contributed by atoms with van der Waals surface area (Å²) < 4.78 is 68.4. The van der Waals surface area contributed by atoms with Gasteiger partial charge >= 0.3 is 39.5 Å². The van der Waals surface area contributed by atoms with E-state index < -0.39 is 97.5 Å². The second kappa shape index (κ2) is 66.3. The van der Waals surface area contributed by atoms with Crippen LogP contribution in [0.2, 0.25) is 0 Å². The van der Waals surface area contributed by atoms with Gasteiger partial charge in [0.2, 0.25) is 0 Å². The molecule has 0 aromatic carbocycles. The minimum atomic E-state index is -4.95. The molecule has 0 saturated heterocycles. The lowest BCUT2D eigenvalue weighted by Gasteiger charge is -2.21. The number of carbonyl (C=O) groups excluding carboxylic acids is 4. The fourth-order valence-electron chi connectivity index (χ4n) is 11.1. The SMILES string of the molecule is CCCCCCCCCCCCCCCCCC(=O)O[C@H](COC(=O)CCCCCCCCCCCCCCCC)COP(=O)(O)OC[C@@H](O)COP(=O)(O)OC[C@@H](COC(=O)CCCCCCCCCCCCC)OC(=O)CCCCCCCCCCC(C)CC. The highest BCUT2D eigenvalue weighted by atomic mass is 31.2. The predicted molar refractivity (Wildman–Crippen MR) is 372 cm³/mol. The number of aliphatic hydroxyl groups excluding tert-OH is 1. The number of phosphoric acid groups is 2. The van der Waals surface area contributed by atoms with Gasteiger partial charge in [-0.25, -0.2) is 9.13 Å². The molecule has 6 atom stereocenters. The standard InChI is InChI=1S/C73H142O17P2/c1-6-10-13-16-19-22-25-27-29-31-34-37-43-48-53-58-72(77)89-68(62-84-71(76)57-52-47-42-36-33-30-28-26-23-20-17-14-11-7-2)64-87-91(79,80)85-60-67(74)61-86-92(81,82)88-65-69(63-83-70(75)56-51-46-41-35-32-24-21-18-15-12-8-3)90-73(78)59-54-49-44-39-38-40-45-50-55-66(5)9-4/h66-69,74H,6-65H2,1-5H3,(H,79,80)(H,81,82)/t66?,67-,68-,69-/m1/s1. The van der Waals surface area contributed by atoms with Gasteiger partial charge < -0.3 is 33.8 Å². The Hall–Kier alpha value is -1.94. The topological polar surface area (TPSA) is 237 Å². The Morgan fingerprint density at radius 1 is 0.304 bits per heavy atom. The molecule has 546 valence electrons. The van der Waals surface area contributed by atoms with Crippen LogP contribution in [-0.2, 0) is 65.4 Å². The first-order valence-electron chi connectivity index (χ1n) is 38.2. The van der Waals surface area contributed by atoms with Crippen molar-refractivity contribution in [1.82, 2.24) is 0 Å². The number of rotatable bonds is 73. The number of aliphatic hydroxyl groups is 1. The highest BCUT2D eigenvalue weighted by Crippen LogP contribution is 2.45. The molecule has 0 aliphatic carbocycles. The molecule has 0 amide bonds. The van der Waals surface area contributed by atoms with Gasteiger partial charge in [0, 0.05) is 25.7 Å². The van der Waals surface area contributed by atoms with Crippen LogP contribution in [0.5, 0.6) is 0 Å². The van der Waals surface area contributed by atoms with Gasteiger partial charge in [-0.05, 0) is 31.6 Å². The molecule has 3 N–H and O–H groups in total. The second-order valence-electron chi connectivity index (χ2n) is 26.6. The summed E-state index contributed by atoms with van der Waals surface area (Å²) in [6.45, 7) is 7.27. The zero-order chi connectivity index (χ0) is 67.7. The molecule has 0 radical (unpaired) electrons. The van der Waals surface area contributed by atoms with Gasteiger partial charge in [-0.3, -0.25) is 37.3 Å². The van der Waals surface area contributed by atoms with Crippen molar-refractivity contribution >= 4 is 39.5 Å². The summed E-state index contributed by atoms with van der Waals surface area (Å²) in [6, 6.07) is 0. The third-order valence-electron chi connectivity index (χ3n) is 17.4. The summed E-state index contributed by atoms with van der Waals surface area (Å²) in [5.41, 5.74) is 0. The largest absolute Gasteiger partial charge is 0.472 e. The molecule has 92 heavy (non-hydrogen) atoms. The monoisotopic (exact) mass is 1350 g/mol. The van der Waals surface area contributed by atoms with Crippen LogP contribution in [0.1, 0.15) is 381 Å². The molecule has 0 heterocycles. The van der Waals surface area contributed by atoms with Gasteiger partial charge in [0.1, 0.15) is 19.3 Å². The van der Waals surface area contributed by atoms with E-state index >= 15 is 0 Å². The number of esters is 4. The lowest BCUT2D eigenvalue weighted by Crippen LogP contribution is -2.30. The van der Waals surface area contributed by atoms with Crippen LogP contribution in [0.4, 0.5) is 0 Å². The summed E-state index contributed by atoms with van der Waals surface area (Å²) in [4.78, 5) is 72.7. The van der Waals surface area contributed by atoms with Crippen molar-refractivity contribution in [2.75, 3.05) is 39.6 Å². The Kier molecular flexibility index (Phi) is 64.9. The zero-order valence-corrected chi connectivity index (χ0v) is 61.5. The van der Waals surface area contributed by atoms with Crippen molar-refractivity contribution in [3.05, 3.63) is 0 Å². The van der Waals surface area contributed by atoms with E-state index in [1.165, 1.54) is 205 Å². The van der Waals surface area contributed by atoms with Crippen molar-refractivity contribution in [3.63, 3.8) is 0 Å². The molecule has 0 aliphatic rings. The van der Waals surface area contributed by atoms with E-state index in [9.17, 15) is 43.2 Å². The van der Waals surface area contributed by atoms with Gasteiger partial charge in [0.25, 0.3) is 0 Å². The summed E-state index contributed by atoms with van der Waals surface area (Å²) in [5.74, 6) is -1.35. The van der Waals surface area contributed by atoms with Crippen molar-refractivity contribution in [2.45, 2.75) is 400 Å². The average Bonchev–Trinajstić information content (AvgIpc) is 1.63. The van der Waals surface area contributed by atoms with E-state index in [0.29, 0.717) is 25.7 Å². The smallest absolute Gasteiger partial charge is 0.462 e. The molecule has 0 fully saturated rings. The first kappa shape index (κ1) is 90.1. The first-order valence-corrected chi connectivity index (χ1v) is 41.2. The molecule has 0 aromatic heterocycles. The van der Waals surface area contributed by atoms with Crippen LogP contribution in [-0.4, -0.2) is 96.7 Å². The van der Waals surface area contributed by atoms with Crippen molar-refractivity contribution < 1.29 is 80.2 Å².